The molecule has 0 bridgehead atoms. The lowest BCUT2D eigenvalue weighted by Crippen LogP contribution is -2.03. The second-order valence-electron chi connectivity index (χ2n) is 14.8. The summed E-state index contributed by atoms with van der Waals surface area (Å²) >= 11 is 0. The number of nitrogens with zero attached hydrogens (tertiary/aromatic N) is 3. The molecule has 0 spiro atoms. The average molecular weight is 658 g/mol. The topological polar surface area (TPSA) is 14.8 Å². The number of aryl methyl sites for hydroxylation is 6. The van der Waals surface area contributed by atoms with Crippen molar-refractivity contribution in [1.82, 2.24) is 13.7 Å². The Bertz CT molecular complexity index is 2570. The third-order valence-corrected chi connectivity index (χ3v) is 10.9. The summed E-state index contributed by atoms with van der Waals surface area (Å²) in [5.74, 6) is 0. The van der Waals surface area contributed by atoms with Crippen molar-refractivity contribution in [3.8, 4) is 17.1 Å². The highest BCUT2D eigenvalue weighted by Crippen LogP contribution is 2.40. The summed E-state index contributed by atoms with van der Waals surface area (Å²) in [6.07, 6.45) is 0. The van der Waals surface area contributed by atoms with E-state index in [0.717, 1.165) is 17.1 Å². The Labute approximate surface area is 297 Å². The molecule has 0 atom stereocenters. The van der Waals surface area contributed by atoms with E-state index in [9.17, 15) is 0 Å². The van der Waals surface area contributed by atoms with Crippen LogP contribution in [-0.2, 0) is 0 Å². The number of hydrogen-bond donors (Lipinski definition) is 0. The Hall–Kier alpha value is -6.06. The number of fused-ring (bicyclic) bond motifs is 9. The molecule has 7 aromatic carbocycles. The fourth-order valence-electron chi connectivity index (χ4n) is 8.55. The van der Waals surface area contributed by atoms with Gasteiger partial charge in [-0.1, -0.05) is 69.8 Å². The van der Waals surface area contributed by atoms with Crippen molar-refractivity contribution >= 4 is 65.4 Å². The Morgan fingerprint density at radius 1 is 0.235 bits per heavy atom. The minimum Gasteiger partial charge on any atom is -0.309 e. The Balaban J connectivity index is 1.38. The molecule has 3 nitrogen and oxygen atoms in total. The lowest BCUT2D eigenvalue weighted by molar-refractivity contribution is 1.10. The van der Waals surface area contributed by atoms with Crippen molar-refractivity contribution in [2.75, 3.05) is 0 Å². The number of aromatic nitrogens is 3. The Kier molecular flexibility index (Phi) is 6.27. The summed E-state index contributed by atoms with van der Waals surface area (Å²) in [6.45, 7) is 13.1. The van der Waals surface area contributed by atoms with Gasteiger partial charge in [0, 0.05) is 32.3 Å². The van der Waals surface area contributed by atoms with E-state index in [0.29, 0.717) is 0 Å². The zero-order chi connectivity index (χ0) is 34.7. The maximum atomic E-state index is 2.47. The average Bonchev–Trinajstić information content (AvgIpc) is 3.72. The molecule has 0 fully saturated rings. The van der Waals surface area contributed by atoms with Gasteiger partial charge in [0.05, 0.1) is 50.2 Å². The molecule has 0 amide bonds. The number of hydrogen-bond acceptors (Lipinski definition) is 0. The number of rotatable bonds is 3. The van der Waals surface area contributed by atoms with E-state index in [1.54, 1.807) is 0 Å². The lowest BCUT2D eigenvalue weighted by atomic mass is 10.1. The third kappa shape index (κ3) is 4.44. The Morgan fingerprint density at radius 2 is 0.412 bits per heavy atom. The molecular weight excluding hydrogens is 619 g/mol. The molecule has 0 saturated heterocycles. The van der Waals surface area contributed by atoms with Crippen LogP contribution in [0.5, 0.6) is 0 Å². The van der Waals surface area contributed by atoms with Crippen LogP contribution in [0, 0.1) is 41.5 Å². The monoisotopic (exact) mass is 657 g/mol. The van der Waals surface area contributed by atoms with Crippen LogP contribution >= 0.6 is 0 Å². The molecule has 10 aromatic rings. The van der Waals surface area contributed by atoms with Crippen molar-refractivity contribution in [3.05, 3.63) is 161 Å². The molecule has 3 aromatic heterocycles. The summed E-state index contributed by atoms with van der Waals surface area (Å²) in [4.78, 5) is 0. The molecule has 0 saturated carbocycles. The van der Waals surface area contributed by atoms with Crippen LogP contribution in [0.4, 0.5) is 0 Å². The van der Waals surface area contributed by atoms with Crippen LogP contribution in [0.3, 0.4) is 0 Å². The molecule has 0 aliphatic carbocycles. The molecular formula is C48H39N3. The van der Waals surface area contributed by atoms with Gasteiger partial charge in [-0.15, -0.1) is 0 Å². The second kappa shape index (κ2) is 10.7. The molecule has 246 valence electrons. The predicted octanol–water partition coefficient (Wildman–Crippen LogP) is 12.8. The highest BCUT2D eigenvalue weighted by Gasteiger charge is 2.20. The van der Waals surface area contributed by atoms with Gasteiger partial charge in [-0.3, -0.25) is 0 Å². The molecule has 3 heterocycles. The van der Waals surface area contributed by atoms with Gasteiger partial charge in [0.2, 0.25) is 0 Å². The quantitative estimate of drug-likeness (QED) is 0.180. The van der Waals surface area contributed by atoms with E-state index in [4.69, 9.17) is 0 Å². The van der Waals surface area contributed by atoms with Crippen molar-refractivity contribution in [2.45, 2.75) is 41.5 Å². The smallest absolute Gasteiger partial charge is 0.0541 e. The first kappa shape index (κ1) is 29.8. The van der Waals surface area contributed by atoms with Crippen molar-refractivity contribution in [2.24, 2.45) is 0 Å². The van der Waals surface area contributed by atoms with Crippen molar-refractivity contribution in [1.29, 1.82) is 0 Å². The van der Waals surface area contributed by atoms with Crippen molar-refractivity contribution in [3.63, 3.8) is 0 Å². The first-order chi connectivity index (χ1) is 24.7. The number of benzene rings is 7. The largest absolute Gasteiger partial charge is 0.309 e. The van der Waals surface area contributed by atoms with E-state index >= 15 is 0 Å². The van der Waals surface area contributed by atoms with Gasteiger partial charge in [-0.2, -0.15) is 0 Å². The zero-order valence-electron chi connectivity index (χ0n) is 30.0. The van der Waals surface area contributed by atoms with Gasteiger partial charge in [0.25, 0.3) is 0 Å². The van der Waals surface area contributed by atoms with E-state index in [-0.39, 0.29) is 0 Å². The summed E-state index contributed by atoms with van der Waals surface area (Å²) < 4.78 is 7.42. The van der Waals surface area contributed by atoms with E-state index < -0.39 is 0 Å². The minimum absolute atomic E-state index is 1.14. The van der Waals surface area contributed by atoms with Crippen molar-refractivity contribution < 1.29 is 0 Å². The summed E-state index contributed by atoms with van der Waals surface area (Å²) in [5.41, 5.74) is 18.3. The van der Waals surface area contributed by atoms with Gasteiger partial charge in [-0.05, 0) is 133 Å². The lowest BCUT2D eigenvalue weighted by Gasteiger charge is -2.17. The molecule has 3 heteroatoms. The molecule has 0 aliphatic heterocycles. The van der Waals surface area contributed by atoms with Gasteiger partial charge in [0.15, 0.2) is 0 Å². The fraction of sp³-hybridized carbons (Fsp3) is 0.125. The van der Waals surface area contributed by atoms with E-state index in [1.807, 2.05) is 0 Å². The van der Waals surface area contributed by atoms with Gasteiger partial charge in [-0.25, -0.2) is 0 Å². The third-order valence-electron chi connectivity index (χ3n) is 10.9. The van der Waals surface area contributed by atoms with E-state index in [1.165, 1.54) is 98.8 Å². The molecule has 10 rings (SSSR count). The van der Waals surface area contributed by atoms with E-state index in [2.05, 4.69) is 183 Å². The van der Waals surface area contributed by atoms with Crippen LogP contribution in [-0.4, -0.2) is 13.7 Å². The van der Waals surface area contributed by atoms with Crippen LogP contribution in [0.2, 0.25) is 0 Å². The SMILES string of the molecule is Cc1ccc2c(c1)c1cc(C)ccc1n2-c1cc(-n2c3ccc(C)cc3c3cc(C)ccc32)cc(-n2c3ccc(C)cc3c3cc(C)ccc32)c1. The first-order valence-corrected chi connectivity index (χ1v) is 17.9. The summed E-state index contributed by atoms with van der Waals surface area (Å²) in [7, 11) is 0. The highest BCUT2D eigenvalue weighted by molar-refractivity contribution is 6.12. The second-order valence-corrected chi connectivity index (χ2v) is 14.8. The minimum atomic E-state index is 1.14. The summed E-state index contributed by atoms with van der Waals surface area (Å²) in [5, 5.41) is 7.70. The highest BCUT2D eigenvalue weighted by atomic mass is 15.0. The molecule has 0 aliphatic rings. The molecule has 0 unspecified atom stereocenters. The standard InChI is InChI=1S/C48H39N3/c1-28-7-13-43-37(19-28)38-20-29(2)8-14-44(38)49(43)34-25-35(50-45-15-9-30(3)21-39(45)40-22-31(4)10-16-46(40)50)27-36(26-34)51-47-17-11-32(5)23-41(47)42-24-33(6)12-18-48(42)51/h7-27H,1-6H3. The zero-order valence-corrected chi connectivity index (χ0v) is 30.0. The molecule has 0 N–H and O–H groups in total. The van der Waals surface area contributed by atoms with Crippen LogP contribution in [0.25, 0.3) is 82.5 Å². The molecule has 0 radical (unpaired) electrons. The maximum absolute atomic E-state index is 2.47. The van der Waals surface area contributed by atoms with Crippen LogP contribution in [0.1, 0.15) is 33.4 Å². The summed E-state index contributed by atoms with van der Waals surface area (Å²) in [6, 6.07) is 48.4. The molecule has 51 heavy (non-hydrogen) atoms. The normalized spacial score (nSPS) is 12.1. The van der Waals surface area contributed by atoms with Gasteiger partial charge in [0.1, 0.15) is 0 Å². The van der Waals surface area contributed by atoms with Gasteiger partial charge < -0.3 is 13.7 Å². The van der Waals surface area contributed by atoms with Crippen LogP contribution in [0.15, 0.2) is 127 Å². The predicted molar refractivity (Wildman–Crippen MR) is 218 cm³/mol. The van der Waals surface area contributed by atoms with Crippen LogP contribution < -0.4 is 0 Å². The first-order valence-electron chi connectivity index (χ1n) is 17.9. The fourth-order valence-corrected chi connectivity index (χ4v) is 8.55. The maximum Gasteiger partial charge on any atom is 0.0541 e. The van der Waals surface area contributed by atoms with Gasteiger partial charge >= 0.3 is 0 Å². The Morgan fingerprint density at radius 3 is 0.588 bits per heavy atom.